The van der Waals surface area contributed by atoms with Crippen molar-refractivity contribution in [2.45, 2.75) is 59.7 Å². The molecule has 192 valence electrons. The first kappa shape index (κ1) is 28.2. The van der Waals surface area contributed by atoms with Crippen molar-refractivity contribution in [3.8, 4) is 5.75 Å². The summed E-state index contributed by atoms with van der Waals surface area (Å²) in [6.45, 7) is 9.06. The molecule has 1 atom stereocenters. The number of hydrogen-bond donors (Lipinski definition) is 1. The molecule has 0 radical (unpaired) electrons. The van der Waals surface area contributed by atoms with Crippen LogP contribution in [0.3, 0.4) is 0 Å². The van der Waals surface area contributed by atoms with E-state index in [0.717, 1.165) is 27.3 Å². The highest BCUT2D eigenvalue weighted by Crippen LogP contribution is 2.23. The summed E-state index contributed by atoms with van der Waals surface area (Å²) in [5.74, 6) is -0.125. The molecule has 0 unspecified atom stereocenters. The number of amides is 2. The van der Waals surface area contributed by atoms with Crippen LogP contribution >= 0.6 is 0 Å². The number of carbonyl (C=O) groups is 2. The largest absolute Gasteiger partial charge is 0.497 e. The SMILES string of the molecule is CC[C@@H](C(=O)NC(C)C)N(Cc1cccc(OC)c1)C(=O)CN(c1ccc(C)c(C)c1)S(C)(=O)=O. The Hall–Kier alpha value is -3.07. The number of rotatable bonds is 11. The minimum Gasteiger partial charge on any atom is -0.497 e. The number of carbonyl (C=O) groups excluding carboxylic acids is 2. The summed E-state index contributed by atoms with van der Waals surface area (Å²) in [6.07, 6.45) is 1.45. The Morgan fingerprint density at radius 1 is 1.06 bits per heavy atom. The van der Waals surface area contributed by atoms with Crippen LogP contribution in [0.25, 0.3) is 0 Å². The lowest BCUT2D eigenvalue weighted by molar-refractivity contribution is -0.140. The van der Waals surface area contributed by atoms with E-state index in [0.29, 0.717) is 17.9 Å². The predicted octanol–water partition coefficient (Wildman–Crippen LogP) is 3.41. The highest BCUT2D eigenvalue weighted by molar-refractivity contribution is 7.92. The third-order valence-corrected chi connectivity index (χ3v) is 6.90. The van der Waals surface area contributed by atoms with E-state index in [4.69, 9.17) is 4.74 Å². The molecule has 0 saturated heterocycles. The van der Waals surface area contributed by atoms with Crippen molar-refractivity contribution >= 4 is 27.5 Å². The number of sulfonamides is 1. The van der Waals surface area contributed by atoms with Crippen molar-refractivity contribution in [1.29, 1.82) is 0 Å². The highest BCUT2D eigenvalue weighted by atomic mass is 32.2. The molecular weight excluding hydrogens is 466 g/mol. The summed E-state index contributed by atoms with van der Waals surface area (Å²) >= 11 is 0. The van der Waals surface area contributed by atoms with Gasteiger partial charge in [-0.3, -0.25) is 13.9 Å². The summed E-state index contributed by atoms with van der Waals surface area (Å²) in [4.78, 5) is 28.2. The second-order valence-corrected chi connectivity index (χ2v) is 10.9. The van der Waals surface area contributed by atoms with Gasteiger partial charge in [-0.2, -0.15) is 0 Å². The maximum atomic E-state index is 13.7. The molecule has 1 N–H and O–H groups in total. The molecule has 0 aliphatic carbocycles. The van der Waals surface area contributed by atoms with Crippen molar-refractivity contribution in [3.63, 3.8) is 0 Å². The van der Waals surface area contributed by atoms with Crippen molar-refractivity contribution in [2.24, 2.45) is 0 Å². The zero-order valence-corrected chi connectivity index (χ0v) is 22.5. The smallest absolute Gasteiger partial charge is 0.244 e. The van der Waals surface area contributed by atoms with Gasteiger partial charge in [0.05, 0.1) is 19.1 Å². The van der Waals surface area contributed by atoms with E-state index >= 15 is 0 Å². The lowest BCUT2D eigenvalue weighted by Gasteiger charge is -2.33. The molecule has 35 heavy (non-hydrogen) atoms. The molecular formula is C26H37N3O5S. The van der Waals surface area contributed by atoms with Gasteiger partial charge >= 0.3 is 0 Å². The second-order valence-electron chi connectivity index (χ2n) is 9.00. The molecule has 0 heterocycles. The Bertz CT molecular complexity index is 1150. The number of anilines is 1. The number of benzene rings is 2. The Balaban J connectivity index is 2.47. The van der Waals surface area contributed by atoms with E-state index in [9.17, 15) is 18.0 Å². The van der Waals surface area contributed by atoms with Gasteiger partial charge in [-0.1, -0.05) is 25.1 Å². The fourth-order valence-electron chi connectivity index (χ4n) is 3.76. The summed E-state index contributed by atoms with van der Waals surface area (Å²) in [5, 5.41) is 2.88. The van der Waals surface area contributed by atoms with Gasteiger partial charge in [0.1, 0.15) is 18.3 Å². The Morgan fingerprint density at radius 3 is 2.29 bits per heavy atom. The summed E-state index contributed by atoms with van der Waals surface area (Å²) in [6, 6.07) is 11.6. The van der Waals surface area contributed by atoms with Gasteiger partial charge in [0, 0.05) is 12.6 Å². The number of methoxy groups -OCH3 is 1. The lowest BCUT2D eigenvalue weighted by atomic mass is 10.1. The molecule has 2 amide bonds. The van der Waals surface area contributed by atoms with Crippen LogP contribution in [0.2, 0.25) is 0 Å². The Labute approximate surface area is 209 Å². The van der Waals surface area contributed by atoms with Crippen LogP contribution < -0.4 is 14.4 Å². The molecule has 0 aliphatic heterocycles. The number of nitrogens with zero attached hydrogens (tertiary/aromatic N) is 2. The quantitative estimate of drug-likeness (QED) is 0.507. The lowest BCUT2D eigenvalue weighted by Crippen LogP contribution is -2.53. The molecule has 0 aliphatic rings. The van der Waals surface area contributed by atoms with Gasteiger partial charge in [-0.05, 0) is 75.1 Å². The molecule has 2 aromatic rings. The first-order chi connectivity index (χ1) is 16.4. The molecule has 0 aromatic heterocycles. The fraction of sp³-hybridized carbons (Fsp3) is 0.462. The maximum Gasteiger partial charge on any atom is 0.244 e. The van der Waals surface area contributed by atoms with Crippen molar-refractivity contribution < 1.29 is 22.7 Å². The van der Waals surface area contributed by atoms with Gasteiger partial charge < -0.3 is 15.0 Å². The molecule has 8 nitrogen and oxygen atoms in total. The minimum atomic E-state index is -3.77. The number of aryl methyl sites for hydroxylation is 2. The number of nitrogens with one attached hydrogen (secondary N) is 1. The Morgan fingerprint density at radius 2 is 1.74 bits per heavy atom. The minimum absolute atomic E-state index is 0.103. The van der Waals surface area contributed by atoms with Crippen LogP contribution in [-0.2, 0) is 26.2 Å². The summed E-state index contributed by atoms with van der Waals surface area (Å²) in [7, 11) is -2.21. The van der Waals surface area contributed by atoms with Gasteiger partial charge in [0.2, 0.25) is 21.8 Å². The van der Waals surface area contributed by atoms with Crippen LogP contribution in [0.15, 0.2) is 42.5 Å². The van der Waals surface area contributed by atoms with E-state index in [1.165, 1.54) is 4.90 Å². The van der Waals surface area contributed by atoms with Crippen LogP contribution in [0.4, 0.5) is 5.69 Å². The summed E-state index contributed by atoms with van der Waals surface area (Å²) in [5.41, 5.74) is 3.11. The maximum absolute atomic E-state index is 13.7. The molecule has 0 bridgehead atoms. The van der Waals surface area contributed by atoms with Crippen LogP contribution in [0.5, 0.6) is 5.75 Å². The van der Waals surface area contributed by atoms with Gasteiger partial charge in [-0.25, -0.2) is 8.42 Å². The fourth-order valence-corrected chi connectivity index (χ4v) is 4.60. The monoisotopic (exact) mass is 503 g/mol. The van der Waals surface area contributed by atoms with Crippen LogP contribution in [0, 0.1) is 13.8 Å². The second kappa shape index (κ2) is 12.1. The van der Waals surface area contributed by atoms with Crippen LogP contribution in [0.1, 0.15) is 43.9 Å². The third-order valence-electron chi connectivity index (χ3n) is 5.76. The van der Waals surface area contributed by atoms with E-state index in [2.05, 4.69) is 5.32 Å². The van der Waals surface area contributed by atoms with Crippen molar-refractivity contribution in [3.05, 3.63) is 59.2 Å². The van der Waals surface area contributed by atoms with Crippen molar-refractivity contribution in [1.82, 2.24) is 10.2 Å². The normalized spacial score (nSPS) is 12.2. The van der Waals surface area contributed by atoms with E-state index in [1.807, 2.05) is 52.8 Å². The van der Waals surface area contributed by atoms with E-state index in [1.54, 1.807) is 31.4 Å². The molecule has 0 saturated carbocycles. The number of hydrogen-bond acceptors (Lipinski definition) is 5. The average Bonchev–Trinajstić information content (AvgIpc) is 2.78. The van der Waals surface area contributed by atoms with E-state index in [-0.39, 0.29) is 18.5 Å². The number of ether oxygens (including phenoxy) is 1. The summed E-state index contributed by atoms with van der Waals surface area (Å²) < 4.78 is 31.8. The predicted molar refractivity (Wildman–Crippen MR) is 139 cm³/mol. The highest BCUT2D eigenvalue weighted by Gasteiger charge is 2.32. The van der Waals surface area contributed by atoms with Crippen LogP contribution in [-0.4, -0.2) is 57.1 Å². The molecule has 2 rings (SSSR count). The molecule has 0 fully saturated rings. The van der Waals surface area contributed by atoms with E-state index < -0.39 is 28.5 Å². The van der Waals surface area contributed by atoms with Gasteiger partial charge in [0.25, 0.3) is 0 Å². The van der Waals surface area contributed by atoms with Crippen molar-refractivity contribution in [2.75, 3.05) is 24.2 Å². The molecule has 9 heteroatoms. The standard InChI is InChI=1S/C26H37N3O5S/c1-8-24(26(31)27-18(2)3)28(16-21-10-9-11-23(15-21)34-6)25(30)17-29(35(7,32)33)22-13-12-19(4)20(5)14-22/h9-15,18,24H,8,16-17H2,1-7H3,(H,27,31)/t24-/m0/s1. The first-order valence-corrected chi connectivity index (χ1v) is 13.5. The first-order valence-electron chi connectivity index (χ1n) is 11.6. The van der Waals surface area contributed by atoms with Gasteiger partial charge in [-0.15, -0.1) is 0 Å². The Kier molecular flexibility index (Phi) is 9.71. The molecule has 0 spiro atoms. The zero-order chi connectivity index (χ0) is 26.3. The molecule has 2 aromatic carbocycles. The third kappa shape index (κ3) is 7.71. The zero-order valence-electron chi connectivity index (χ0n) is 21.7. The average molecular weight is 504 g/mol. The van der Waals surface area contributed by atoms with Gasteiger partial charge in [0.15, 0.2) is 0 Å². The topological polar surface area (TPSA) is 96.0 Å².